The largest absolute Gasteiger partial charge is 0.494 e. The van der Waals surface area contributed by atoms with E-state index in [0.29, 0.717) is 36.6 Å². The highest BCUT2D eigenvalue weighted by atomic mass is 32.1. The number of aryl methyl sites for hydroxylation is 1. The van der Waals surface area contributed by atoms with Crippen LogP contribution in [0.2, 0.25) is 0 Å². The van der Waals surface area contributed by atoms with Gasteiger partial charge in [-0.2, -0.15) is 0 Å². The van der Waals surface area contributed by atoms with Crippen molar-refractivity contribution < 1.29 is 18.7 Å². The number of nitrogens with zero attached hydrogens (tertiary/aromatic N) is 4. The number of rotatable bonds is 5. The van der Waals surface area contributed by atoms with Gasteiger partial charge in [0.15, 0.2) is 11.6 Å². The minimum absolute atomic E-state index is 0.0156. The molecule has 0 unspecified atom stereocenters. The molecule has 190 valence electrons. The van der Waals surface area contributed by atoms with Gasteiger partial charge in [0.25, 0.3) is 11.8 Å². The molecule has 36 heavy (non-hydrogen) atoms. The van der Waals surface area contributed by atoms with Crippen molar-refractivity contribution in [3.05, 3.63) is 63.7 Å². The number of benzene rings is 1. The van der Waals surface area contributed by atoms with Gasteiger partial charge in [0.05, 0.1) is 18.4 Å². The summed E-state index contributed by atoms with van der Waals surface area (Å²) < 4.78 is 19.0. The molecule has 0 spiro atoms. The second kappa shape index (κ2) is 10.3. The third-order valence-corrected chi connectivity index (χ3v) is 7.43. The second-order valence-electron chi connectivity index (χ2n) is 9.92. The minimum Gasteiger partial charge on any atom is -0.494 e. The highest BCUT2D eigenvalue weighted by Crippen LogP contribution is 2.32. The van der Waals surface area contributed by atoms with E-state index in [1.54, 1.807) is 17.0 Å². The standard InChI is InChI=1S/C26H30FN5O3S/c1-15-6-8-18(22(33)29-25-31-30-24(36-25)26(2,3)4)21(28-15)16-10-12-32(13-11-16)23(34)17-7-9-20(35-5)19(27)14-17/h6-9,14,16H,10-13H2,1-5H3,(H,29,31,33). The fraction of sp³-hybridized carbons (Fsp3) is 0.423. The number of likely N-dealkylation sites (tertiary alicyclic amines) is 1. The van der Waals surface area contributed by atoms with Gasteiger partial charge in [-0.3, -0.25) is 19.9 Å². The fourth-order valence-corrected chi connectivity index (χ4v) is 4.96. The minimum atomic E-state index is -0.567. The quantitative estimate of drug-likeness (QED) is 0.520. The Labute approximate surface area is 213 Å². The van der Waals surface area contributed by atoms with Crippen molar-refractivity contribution in [3.63, 3.8) is 0 Å². The van der Waals surface area contributed by atoms with Crippen LogP contribution in [0.15, 0.2) is 30.3 Å². The molecule has 1 N–H and O–H groups in total. The van der Waals surface area contributed by atoms with Crippen LogP contribution in [-0.4, -0.2) is 52.1 Å². The van der Waals surface area contributed by atoms with Crippen molar-refractivity contribution >= 4 is 28.3 Å². The normalized spacial score (nSPS) is 14.6. The van der Waals surface area contributed by atoms with Crippen LogP contribution in [0.3, 0.4) is 0 Å². The van der Waals surface area contributed by atoms with Gasteiger partial charge in [0.2, 0.25) is 5.13 Å². The van der Waals surface area contributed by atoms with Crippen molar-refractivity contribution in [2.75, 3.05) is 25.5 Å². The van der Waals surface area contributed by atoms with Crippen LogP contribution in [0.4, 0.5) is 9.52 Å². The van der Waals surface area contributed by atoms with E-state index < -0.39 is 5.82 Å². The Morgan fingerprint density at radius 3 is 2.47 bits per heavy atom. The van der Waals surface area contributed by atoms with Crippen molar-refractivity contribution in [2.45, 2.75) is 51.9 Å². The Morgan fingerprint density at radius 2 is 1.86 bits per heavy atom. The molecular formula is C26H30FN5O3S. The maximum atomic E-state index is 14.1. The van der Waals surface area contributed by atoms with Crippen LogP contribution >= 0.6 is 11.3 Å². The average molecular weight is 512 g/mol. The summed E-state index contributed by atoms with van der Waals surface area (Å²) in [4.78, 5) is 32.5. The summed E-state index contributed by atoms with van der Waals surface area (Å²) in [5.41, 5.74) is 2.16. The molecule has 0 atom stereocenters. The summed E-state index contributed by atoms with van der Waals surface area (Å²) in [6.45, 7) is 9.00. The zero-order chi connectivity index (χ0) is 26.0. The molecule has 0 aliphatic carbocycles. The SMILES string of the molecule is COc1ccc(C(=O)N2CCC(c3nc(C)ccc3C(=O)Nc3nnc(C(C)(C)C)s3)CC2)cc1F. The van der Waals surface area contributed by atoms with E-state index in [1.807, 2.05) is 33.8 Å². The maximum Gasteiger partial charge on any atom is 0.259 e. The van der Waals surface area contributed by atoms with E-state index in [-0.39, 0.29) is 34.5 Å². The number of ether oxygens (including phenoxy) is 1. The number of aromatic nitrogens is 3. The van der Waals surface area contributed by atoms with Crippen molar-refractivity contribution in [3.8, 4) is 5.75 Å². The number of nitrogens with one attached hydrogen (secondary N) is 1. The maximum absolute atomic E-state index is 14.1. The van der Waals surface area contributed by atoms with Gasteiger partial charge in [-0.15, -0.1) is 10.2 Å². The van der Waals surface area contributed by atoms with Crippen LogP contribution in [0.25, 0.3) is 0 Å². The van der Waals surface area contributed by atoms with Gasteiger partial charge in [-0.25, -0.2) is 4.39 Å². The smallest absolute Gasteiger partial charge is 0.259 e. The van der Waals surface area contributed by atoms with E-state index in [4.69, 9.17) is 9.72 Å². The molecule has 0 bridgehead atoms. The van der Waals surface area contributed by atoms with Crippen LogP contribution < -0.4 is 10.1 Å². The lowest BCUT2D eigenvalue weighted by Gasteiger charge is -2.32. The van der Waals surface area contributed by atoms with Gasteiger partial charge >= 0.3 is 0 Å². The molecule has 1 aliphatic rings. The lowest BCUT2D eigenvalue weighted by atomic mass is 9.89. The molecule has 1 aromatic carbocycles. The molecule has 2 amide bonds. The number of methoxy groups -OCH3 is 1. The summed E-state index contributed by atoms with van der Waals surface area (Å²) in [5, 5.41) is 12.5. The third kappa shape index (κ3) is 5.53. The predicted octanol–water partition coefficient (Wildman–Crippen LogP) is 4.96. The molecule has 0 radical (unpaired) electrons. The molecule has 1 aliphatic heterocycles. The Bertz CT molecular complexity index is 1280. The molecule has 3 heterocycles. The van der Waals surface area contributed by atoms with Gasteiger partial charge in [-0.1, -0.05) is 32.1 Å². The highest BCUT2D eigenvalue weighted by Gasteiger charge is 2.29. The molecule has 8 nitrogen and oxygen atoms in total. The zero-order valence-corrected chi connectivity index (χ0v) is 21.9. The lowest BCUT2D eigenvalue weighted by molar-refractivity contribution is 0.0710. The Balaban J connectivity index is 1.47. The first-order chi connectivity index (χ1) is 17.1. The Morgan fingerprint density at radius 1 is 1.14 bits per heavy atom. The van der Waals surface area contributed by atoms with Gasteiger partial charge in [0, 0.05) is 35.7 Å². The fourth-order valence-electron chi connectivity index (χ4n) is 4.16. The number of pyridine rings is 1. The molecule has 3 aromatic rings. The number of carbonyl (C=O) groups excluding carboxylic acids is 2. The number of amides is 2. The van der Waals surface area contributed by atoms with Crippen LogP contribution in [0, 0.1) is 12.7 Å². The number of hydrogen-bond donors (Lipinski definition) is 1. The average Bonchev–Trinajstić information content (AvgIpc) is 3.32. The first-order valence-corrected chi connectivity index (χ1v) is 12.6. The second-order valence-corrected chi connectivity index (χ2v) is 10.9. The molecule has 4 rings (SSSR count). The van der Waals surface area contributed by atoms with Crippen molar-refractivity contribution in [2.24, 2.45) is 0 Å². The summed E-state index contributed by atoms with van der Waals surface area (Å²) in [6.07, 6.45) is 1.29. The molecule has 10 heteroatoms. The molecule has 0 saturated carbocycles. The van der Waals surface area contributed by atoms with Crippen molar-refractivity contribution in [1.29, 1.82) is 0 Å². The monoisotopic (exact) mass is 511 g/mol. The van der Waals surface area contributed by atoms with E-state index in [2.05, 4.69) is 15.5 Å². The summed E-state index contributed by atoms with van der Waals surface area (Å²) >= 11 is 1.36. The van der Waals surface area contributed by atoms with Crippen LogP contribution in [0.5, 0.6) is 5.75 Å². The first-order valence-electron chi connectivity index (χ1n) is 11.8. The lowest BCUT2D eigenvalue weighted by Crippen LogP contribution is -2.38. The van der Waals surface area contributed by atoms with E-state index >= 15 is 0 Å². The number of piperidine rings is 1. The molecular weight excluding hydrogens is 481 g/mol. The topological polar surface area (TPSA) is 97.3 Å². The molecule has 2 aromatic heterocycles. The number of hydrogen-bond acceptors (Lipinski definition) is 7. The number of anilines is 1. The van der Waals surface area contributed by atoms with Crippen molar-refractivity contribution in [1.82, 2.24) is 20.1 Å². The van der Waals surface area contributed by atoms with Gasteiger partial charge < -0.3 is 9.64 Å². The summed E-state index contributed by atoms with van der Waals surface area (Å²) in [7, 11) is 1.38. The van der Waals surface area contributed by atoms with Gasteiger partial charge in [-0.05, 0) is 50.1 Å². The number of carbonyl (C=O) groups is 2. The van der Waals surface area contributed by atoms with E-state index in [1.165, 1.54) is 30.6 Å². The molecule has 1 fully saturated rings. The van der Waals surface area contributed by atoms with E-state index in [0.717, 1.165) is 16.4 Å². The van der Waals surface area contributed by atoms with Gasteiger partial charge in [0.1, 0.15) is 5.01 Å². The Hall–Kier alpha value is -3.40. The summed E-state index contributed by atoms with van der Waals surface area (Å²) in [5.74, 6) is -0.952. The Kier molecular flexibility index (Phi) is 7.35. The van der Waals surface area contributed by atoms with E-state index in [9.17, 15) is 14.0 Å². The first kappa shape index (κ1) is 25.7. The zero-order valence-electron chi connectivity index (χ0n) is 21.1. The summed E-state index contributed by atoms with van der Waals surface area (Å²) in [6, 6.07) is 7.83. The highest BCUT2D eigenvalue weighted by molar-refractivity contribution is 7.15. The predicted molar refractivity (Wildman–Crippen MR) is 136 cm³/mol. The van der Waals surface area contributed by atoms with Crippen LogP contribution in [-0.2, 0) is 5.41 Å². The molecule has 1 saturated heterocycles. The number of halogens is 1. The third-order valence-electron chi connectivity index (χ3n) is 6.16. The van der Waals surface area contributed by atoms with Crippen LogP contribution in [0.1, 0.15) is 76.6 Å².